The van der Waals surface area contributed by atoms with Crippen LogP contribution in [-0.2, 0) is 0 Å². The summed E-state index contributed by atoms with van der Waals surface area (Å²) in [7, 11) is 0. The van der Waals surface area contributed by atoms with Crippen molar-refractivity contribution >= 4 is 40.0 Å². The summed E-state index contributed by atoms with van der Waals surface area (Å²) in [5, 5.41) is 2.73. The highest BCUT2D eigenvalue weighted by atomic mass is 127. The Kier molecular flexibility index (Phi) is 3.36. The minimum atomic E-state index is -0.626. The third-order valence-electron chi connectivity index (χ3n) is 1.95. The molecular formula is C10H7F2IN4. The minimum absolute atomic E-state index is 0.0361. The number of hydrogen-bond donors (Lipinski definition) is 2. The van der Waals surface area contributed by atoms with Crippen molar-refractivity contribution in [2.75, 3.05) is 11.1 Å². The Morgan fingerprint density at radius 3 is 2.76 bits per heavy atom. The van der Waals surface area contributed by atoms with Crippen molar-refractivity contribution in [1.29, 1.82) is 0 Å². The number of nitrogen functional groups attached to an aromatic ring is 1. The summed E-state index contributed by atoms with van der Waals surface area (Å²) >= 11 is 1.93. The molecule has 0 saturated carbocycles. The Labute approximate surface area is 109 Å². The molecule has 2 aromatic rings. The van der Waals surface area contributed by atoms with Gasteiger partial charge in [0.2, 0.25) is 5.95 Å². The van der Waals surface area contributed by atoms with Crippen molar-refractivity contribution in [2.45, 2.75) is 0 Å². The fourth-order valence-electron chi connectivity index (χ4n) is 1.19. The van der Waals surface area contributed by atoms with E-state index in [0.29, 0.717) is 9.26 Å². The average molecular weight is 348 g/mol. The number of nitrogens with two attached hydrogens (primary N) is 1. The van der Waals surface area contributed by atoms with Crippen LogP contribution in [0, 0.1) is 15.2 Å². The largest absolute Gasteiger partial charge is 0.368 e. The number of hydrogen-bond acceptors (Lipinski definition) is 4. The van der Waals surface area contributed by atoms with E-state index in [1.165, 1.54) is 18.2 Å². The molecule has 0 atom stereocenters. The molecule has 0 spiro atoms. The average Bonchev–Trinajstić information content (AvgIpc) is 2.27. The van der Waals surface area contributed by atoms with Gasteiger partial charge in [0, 0.05) is 3.57 Å². The first-order valence-corrected chi connectivity index (χ1v) is 5.64. The first-order chi connectivity index (χ1) is 8.06. The maximum absolute atomic E-state index is 13.3. The van der Waals surface area contributed by atoms with E-state index in [1.807, 2.05) is 22.6 Å². The maximum Gasteiger partial charge on any atom is 0.222 e. The zero-order chi connectivity index (χ0) is 12.4. The number of anilines is 3. The standard InChI is InChI=1S/C10H7F2IN4/c11-5-1-2-8(7(13)3-5)16-9-6(12)4-15-10(14)17-9/h1-4H,(H3,14,15,16,17). The first-order valence-electron chi connectivity index (χ1n) is 4.56. The predicted octanol–water partition coefficient (Wildman–Crippen LogP) is 2.69. The molecule has 0 saturated heterocycles. The Hall–Kier alpha value is -1.51. The predicted molar refractivity (Wildman–Crippen MR) is 68.8 cm³/mol. The fraction of sp³-hybridized carbons (Fsp3) is 0. The summed E-state index contributed by atoms with van der Waals surface area (Å²) in [5.74, 6) is -1.06. The van der Waals surface area contributed by atoms with Crippen molar-refractivity contribution in [3.63, 3.8) is 0 Å². The molecule has 1 heterocycles. The Morgan fingerprint density at radius 1 is 1.29 bits per heavy atom. The zero-order valence-electron chi connectivity index (χ0n) is 8.42. The molecule has 17 heavy (non-hydrogen) atoms. The lowest BCUT2D eigenvalue weighted by molar-refractivity contribution is 0.619. The van der Waals surface area contributed by atoms with Gasteiger partial charge in [-0.1, -0.05) is 0 Å². The van der Waals surface area contributed by atoms with Gasteiger partial charge in [0.15, 0.2) is 11.6 Å². The van der Waals surface area contributed by atoms with E-state index >= 15 is 0 Å². The summed E-state index contributed by atoms with van der Waals surface area (Å²) in [5.41, 5.74) is 5.90. The molecule has 3 N–H and O–H groups in total. The van der Waals surface area contributed by atoms with Crippen LogP contribution in [0.3, 0.4) is 0 Å². The van der Waals surface area contributed by atoms with Gasteiger partial charge < -0.3 is 11.1 Å². The summed E-state index contributed by atoms with van der Waals surface area (Å²) in [4.78, 5) is 7.22. The van der Waals surface area contributed by atoms with E-state index in [-0.39, 0.29) is 17.6 Å². The molecule has 0 aliphatic carbocycles. The van der Waals surface area contributed by atoms with Gasteiger partial charge in [0.05, 0.1) is 11.9 Å². The highest BCUT2D eigenvalue weighted by molar-refractivity contribution is 14.1. The highest BCUT2D eigenvalue weighted by Crippen LogP contribution is 2.23. The van der Waals surface area contributed by atoms with Crippen LogP contribution < -0.4 is 11.1 Å². The van der Waals surface area contributed by atoms with Crippen LogP contribution in [0.1, 0.15) is 0 Å². The van der Waals surface area contributed by atoms with Gasteiger partial charge in [0.1, 0.15) is 5.82 Å². The van der Waals surface area contributed by atoms with Crippen LogP contribution in [0.15, 0.2) is 24.4 Å². The molecule has 88 valence electrons. The summed E-state index contributed by atoms with van der Waals surface area (Å²) in [6.07, 6.45) is 0.973. The zero-order valence-corrected chi connectivity index (χ0v) is 10.6. The first kappa shape index (κ1) is 12.0. The molecule has 4 nitrogen and oxygen atoms in total. The van der Waals surface area contributed by atoms with E-state index in [4.69, 9.17) is 5.73 Å². The van der Waals surface area contributed by atoms with Crippen molar-refractivity contribution in [3.05, 3.63) is 39.6 Å². The van der Waals surface area contributed by atoms with Crippen molar-refractivity contribution in [2.24, 2.45) is 0 Å². The fourth-order valence-corrected chi connectivity index (χ4v) is 1.80. The van der Waals surface area contributed by atoms with Gasteiger partial charge in [0.25, 0.3) is 0 Å². The van der Waals surface area contributed by atoms with Crippen molar-refractivity contribution in [3.8, 4) is 0 Å². The number of halogens is 3. The summed E-state index contributed by atoms with van der Waals surface area (Å²) in [6, 6.07) is 4.09. The molecule has 1 aromatic heterocycles. The lowest BCUT2D eigenvalue weighted by atomic mass is 10.3. The van der Waals surface area contributed by atoms with E-state index in [2.05, 4.69) is 15.3 Å². The number of nitrogens with zero attached hydrogens (tertiary/aromatic N) is 2. The van der Waals surface area contributed by atoms with Crippen LogP contribution >= 0.6 is 22.6 Å². The summed E-state index contributed by atoms with van der Waals surface area (Å²) in [6.45, 7) is 0. The van der Waals surface area contributed by atoms with Crippen LogP contribution in [0.5, 0.6) is 0 Å². The molecule has 0 aliphatic rings. The minimum Gasteiger partial charge on any atom is -0.368 e. The topological polar surface area (TPSA) is 63.8 Å². The van der Waals surface area contributed by atoms with Gasteiger partial charge in [-0.3, -0.25) is 0 Å². The molecule has 1 aromatic carbocycles. The lowest BCUT2D eigenvalue weighted by Gasteiger charge is -2.08. The van der Waals surface area contributed by atoms with Gasteiger partial charge in [-0.05, 0) is 40.8 Å². The number of nitrogens with one attached hydrogen (secondary N) is 1. The third-order valence-corrected chi connectivity index (χ3v) is 2.84. The van der Waals surface area contributed by atoms with E-state index in [9.17, 15) is 8.78 Å². The molecule has 0 fully saturated rings. The van der Waals surface area contributed by atoms with E-state index in [0.717, 1.165) is 6.20 Å². The Morgan fingerprint density at radius 2 is 2.06 bits per heavy atom. The van der Waals surface area contributed by atoms with Crippen LogP contribution in [-0.4, -0.2) is 9.97 Å². The SMILES string of the molecule is Nc1ncc(F)c(Nc2ccc(F)cc2I)n1. The number of benzene rings is 1. The second-order valence-corrected chi connectivity index (χ2v) is 4.34. The monoisotopic (exact) mass is 348 g/mol. The molecule has 0 unspecified atom stereocenters. The molecular weight excluding hydrogens is 341 g/mol. The molecule has 0 bridgehead atoms. The van der Waals surface area contributed by atoms with Gasteiger partial charge in [-0.15, -0.1) is 0 Å². The second-order valence-electron chi connectivity index (χ2n) is 3.17. The third kappa shape index (κ3) is 2.78. The Balaban J connectivity index is 2.34. The van der Waals surface area contributed by atoms with Gasteiger partial charge in [-0.25, -0.2) is 13.8 Å². The molecule has 0 amide bonds. The van der Waals surface area contributed by atoms with Crippen LogP contribution in [0.2, 0.25) is 0 Å². The quantitative estimate of drug-likeness (QED) is 0.820. The van der Waals surface area contributed by atoms with Gasteiger partial charge >= 0.3 is 0 Å². The maximum atomic E-state index is 13.3. The number of rotatable bonds is 2. The molecule has 0 aliphatic heterocycles. The van der Waals surface area contributed by atoms with Gasteiger partial charge in [-0.2, -0.15) is 4.98 Å². The van der Waals surface area contributed by atoms with Crippen molar-refractivity contribution < 1.29 is 8.78 Å². The van der Waals surface area contributed by atoms with E-state index in [1.54, 1.807) is 0 Å². The van der Waals surface area contributed by atoms with Crippen LogP contribution in [0.4, 0.5) is 26.2 Å². The molecule has 2 rings (SSSR count). The number of aromatic nitrogens is 2. The second kappa shape index (κ2) is 4.78. The van der Waals surface area contributed by atoms with Crippen LogP contribution in [0.25, 0.3) is 0 Å². The molecule has 0 radical (unpaired) electrons. The smallest absolute Gasteiger partial charge is 0.222 e. The summed E-state index contributed by atoms with van der Waals surface area (Å²) < 4.78 is 26.8. The highest BCUT2D eigenvalue weighted by Gasteiger charge is 2.08. The Bertz CT molecular complexity index is 562. The van der Waals surface area contributed by atoms with Crippen molar-refractivity contribution in [1.82, 2.24) is 9.97 Å². The lowest BCUT2D eigenvalue weighted by Crippen LogP contribution is -2.03. The molecule has 7 heteroatoms. The normalized spacial score (nSPS) is 10.3. The van der Waals surface area contributed by atoms with E-state index < -0.39 is 5.82 Å².